The van der Waals surface area contributed by atoms with Crippen molar-refractivity contribution >= 4 is 34.2 Å². The van der Waals surface area contributed by atoms with Crippen LogP contribution in [0.3, 0.4) is 0 Å². The molecule has 1 unspecified atom stereocenters. The fourth-order valence-corrected chi connectivity index (χ4v) is 7.69. The second-order valence-corrected chi connectivity index (χ2v) is 12.3. The lowest BCUT2D eigenvalue weighted by Gasteiger charge is -2.47. The third-order valence-electron chi connectivity index (χ3n) is 10.3. The zero-order chi connectivity index (χ0) is 28.4. The molecule has 10 heteroatoms. The number of aromatic amines is 1. The number of nitrogens with two attached hydrogens (primary N) is 1. The lowest BCUT2D eigenvalue weighted by molar-refractivity contribution is 0.0254. The molecule has 0 amide bonds. The van der Waals surface area contributed by atoms with Gasteiger partial charge in [-0.05, 0) is 66.8 Å². The Labute approximate surface area is 245 Å². The molecule has 2 fully saturated rings. The Kier molecular flexibility index (Phi) is 5.88. The van der Waals surface area contributed by atoms with E-state index in [-0.39, 0.29) is 11.5 Å². The average Bonchev–Trinajstić information content (AvgIpc) is 3.55. The molecular weight excluding hydrogens is 526 g/mol. The van der Waals surface area contributed by atoms with E-state index in [2.05, 4.69) is 50.1 Å². The number of nitrogens with one attached hydrogen (secondary N) is 1. The summed E-state index contributed by atoms with van der Waals surface area (Å²) in [6.07, 6.45) is 7.34. The quantitative estimate of drug-likeness (QED) is 0.377. The molecule has 1 saturated carbocycles. The number of anilines is 4. The van der Waals surface area contributed by atoms with Crippen LogP contribution in [0.25, 0.3) is 11.2 Å². The number of piperidine rings is 1. The summed E-state index contributed by atoms with van der Waals surface area (Å²) in [5, 5.41) is 17.5. The first kappa shape index (κ1) is 25.5. The van der Waals surface area contributed by atoms with E-state index in [0.29, 0.717) is 23.4 Å². The molecule has 1 atom stereocenters. The van der Waals surface area contributed by atoms with E-state index in [1.54, 1.807) is 7.11 Å². The lowest BCUT2D eigenvalue weighted by Crippen LogP contribution is -2.52. The summed E-state index contributed by atoms with van der Waals surface area (Å²) in [5.74, 6) is 1.64. The van der Waals surface area contributed by atoms with E-state index < -0.39 is 0 Å². The summed E-state index contributed by atoms with van der Waals surface area (Å²) >= 11 is 0. The predicted molar refractivity (Wildman–Crippen MR) is 162 cm³/mol. The van der Waals surface area contributed by atoms with Gasteiger partial charge in [-0.25, -0.2) is 9.97 Å². The Bertz CT molecular complexity index is 1700. The molecule has 0 bridgehead atoms. The number of aromatic nitrogens is 4. The van der Waals surface area contributed by atoms with Crippen LogP contribution in [0.15, 0.2) is 48.7 Å². The third-order valence-corrected chi connectivity index (χ3v) is 10.3. The van der Waals surface area contributed by atoms with Gasteiger partial charge in [-0.2, -0.15) is 10.4 Å². The van der Waals surface area contributed by atoms with Gasteiger partial charge in [0.1, 0.15) is 5.82 Å². The van der Waals surface area contributed by atoms with Crippen LogP contribution in [0.1, 0.15) is 48.4 Å². The van der Waals surface area contributed by atoms with E-state index in [1.807, 2.05) is 24.4 Å². The lowest BCUT2D eigenvalue weighted by atomic mass is 9.73. The topological polar surface area (TPSA) is 123 Å². The van der Waals surface area contributed by atoms with Crippen molar-refractivity contribution in [3.8, 4) is 6.07 Å². The van der Waals surface area contributed by atoms with Gasteiger partial charge in [0.05, 0.1) is 35.3 Å². The van der Waals surface area contributed by atoms with E-state index in [4.69, 9.17) is 25.5 Å². The highest BCUT2D eigenvalue weighted by Crippen LogP contribution is 2.51. The molecule has 10 nitrogen and oxygen atoms in total. The zero-order valence-corrected chi connectivity index (χ0v) is 23.8. The van der Waals surface area contributed by atoms with Crippen LogP contribution in [-0.2, 0) is 11.2 Å². The number of benzene rings is 2. The summed E-state index contributed by atoms with van der Waals surface area (Å²) < 4.78 is 5.54. The minimum Gasteiger partial charge on any atom is -0.381 e. The molecule has 1 saturated heterocycles. The summed E-state index contributed by atoms with van der Waals surface area (Å²) in [6, 6.07) is 17.4. The van der Waals surface area contributed by atoms with Crippen LogP contribution >= 0.6 is 0 Å². The number of rotatable bonds is 4. The largest absolute Gasteiger partial charge is 0.381 e. The van der Waals surface area contributed by atoms with Crippen molar-refractivity contribution in [1.82, 2.24) is 20.2 Å². The Morgan fingerprint density at radius 3 is 2.69 bits per heavy atom. The smallest absolute Gasteiger partial charge is 0.183 e. The maximum Gasteiger partial charge on any atom is 0.183 e. The zero-order valence-electron chi connectivity index (χ0n) is 23.8. The maximum atomic E-state index is 9.61. The number of hydrogen-bond acceptors (Lipinski definition) is 9. The highest BCUT2D eigenvalue weighted by Gasteiger charge is 2.46. The number of ether oxygens (including phenoxy) is 1. The molecule has 0 radical (unpaired) electrons. The normalized spacial score (nSPS) is 24.4. The van der Waals surface area contributed by atoms with Crippen molar-refractivity contribution in [2.45, 2.75) is 50.3 Å². The Morgan fingerprint density at radius 1 is 1.07 bits per heavy atom. The van der Waals surface area contributed by atoms with Gasteiger partial charge in [0.25, 0.3) is 0 Å². The molecule has 42 heavy (non-hydrogen) atoms. The van der Waals surface area contributed by atoms with Crippen LogP contribution in [0, 0.1) is 16.7 Å². The summed E-state index contributed by atoms with van der Waals surface area (Å²) in [7, 11) is 1.78. The number of fused-ring (bicyclic) bond motifs is 3. The number of H-pyrrole nitrogens is 1. The average molecular weight is 562 g/mol. The van der Waals surface area contributed by atoms with Crippen molar-refractivity contribution in [2.24, 2.45) is 11.1 Å². The van der Waals surface area contributed by atoms with Gasteiger partial charge in [0.15, 0.2) is 17.0 Å². The summed E-state index contributed by atoms with van der Waals surface area (Å²) in [6.45, 7) is 3.42. The van der Waals surface area contributed by atoms with E-state index in [0.717, 1.165) is 86.8 Å². The molecule has 4 aliphatic rings. The van der Waals surface area contributed by atoms with Crippen LogP contribution in [-0.4, -0.2) is 65.6 Å². The van der Waals surface area contributed by atoms with Gasteiger partial charge in [-0.15, -0.1) is 0 Å². The van der Waals surface area contributed by atoms with Crippen LogP contribution in [0.2, 0.25) is 0 Å². The van der Waals surface area contributed by atoms with Crippen molar-refractivity contribution < 1.29 is 4.74 Å². The van der Waals surface area contributed by atoms with Gasteiger partial charge in [-0.1, -0.05) is 24.3 Å². The van der Waals surface area contributed by atoms with Gasteiger partial charge in [-0.3, -0.25) is 5.10 Å². The standard InChI is InChI=1S/C32H35N9O/c1-42-23-15-22(16-23)40-12-13-41(25-7-6-20(18-33)14-26(25)40)31-28-30(37-38-31)36-27(19-35-28)39-10-8-32(9-11-39)17-21-4-2-3-5-24(21)29(32)34/h2-7,14,19,22-23,29H,8-13,15-17,34H2,1H3,(H,36,37,38). The van der Waals surface area contributed by atoms with Crippen molar-refractivity contribution in [3.63, 3.8) is 0 Å². The van der Waals surface area contributed by atoms with Crippen LogP contribution in [0.5, 0.6) is 0 Å². The number of methoxy groups -OCH3 is 1. The Balaban J connectivity index is 1.04. The molecule has 214 valence electrons. The van der Waals surface area contributed by atoms with Crippen molar-refractivity contribution in [1.29, 1.82) is 5.26 Å². The van der Waals surface area contributed by atoms with Gasteiger partial charge in [0, 0.05) is 45.4 Å². The highest BCUT2D eigenvalue weighted by atomic mass is 16.5. The SMILES string of the molecule is COC1CC(N2CCN(c3n[nH]c4nc(N5CCC6(CC5)Cc5ccccc5C6N)cnc34)c3ccc(C#N)cc32)C1. The Hall–Kier alpha value is -4.20. The first-order valence-corrected chi connectivity index (χ1v) is 15.0. The van der Waals surface area contributed by atoms with E-state index in [9.17, 15) is 5.26 Å². The number of hydrogen-bond donors (Lipinski definition) is 2. The molecule has 4 heterocycles. The van der Waals surface area contributed by atoms with Gasteiger partial charge >= 0.3 is 0 Å². The first-order chi connectivity index (χ1) is 20.6. The van der Waals surface area contributed by atoms with Crippen LogP contribution in [0.4, 0.5) is 23.0 Å². The van der Waals surface area contributed by atoms with Crippen molar-refractivity contribution in [3.05, 3.63) is 65.4 Å². The molecule has 1 spiro atoms. The second kappa shape index (κ2) is 9.68. The van der Waals surface area contributed by atoms with E-state index in [1.165, 1.54) is 11.1 Å². The van der Waals surface area contributed by atoms with Crippen LogP contribution < -0.4 is 20.4 Å². The maximum absolute atomic E-state index is 9.61. The first-order valence-electron chi connectivity index (χ1n) is 15.0. The number of nitrogens with zero attached hydrogens (tertiary/aromatic N) is 7. The molecule has 2 aliphatic carbocycles. The van der Waals surface area contributed by atoms with E-state index >= 15 is 0 Å². The minimum absolute atomic E-state index is 0.0952. The van der Waals surface area contributed by atoms with Gasteiger partial charge in [0.2, 0.25) is 0 Å². The molecular formula is C32H35N9O. The minimum atomic E-state index is 0.0952. The van der Waals surface area contributed by atoms with Gasteiger partial charge < -0.3 is 25.2 Å². The molecule has 2 aliphatic heterocycles. The third kappa shape index (κ3) is 3.87. The molecule has 3 N–H and O–H groups in total. The molecule has 2 aromatic heterocycles. The summed E-state index contributed by atoms with van der Waals surface area (Å²) in [4.78, 5) is 16.8. The fraction of sp³-hybridized carbons (Fsp3) is 0.438. The Morgan fingerprint density at radius 2 is 1.90 bits per heavy atom. The monoisotopic (exact) mass is 561 g/mol. The second-order valence-electron chi connectivity index (χ2n) is 12.3. The number of nitriles is 1. The van der Waals surface area contributed by atoms with Crippen molar-refractivity contribution in [2.75, 3.05) is 48.0 Å². The summed E-state index contributed by atoms with van der Waals surface area (Å²) in [5.41, 5.74) is 13.9. The molecule has 4 aromatic rings. The molecule has 2 aromatic carbocycles. The highest BCUT2D eigenvalue weighted by molar-refractivity contribution is 5.90. The fourth-order valence-electron chi connectivity index (χ4n) is 7.69. The molecule has 8 rings (SSSR count). The predicted octanol–water partition coefficient (Wildman–Crippen LogP) is 4.20.